The van der Waals surface area contributed by atoms with Crippen molar-refractivity contribution in [3.05, 3.63) is 16.1 Å². The summed E-state index contributed by atoms with van der Waals surface area (Å²) in [5.41, 5.74) is 1.07. The van der Waals surface area contributed by atoms with Crippen LogP contribution in [-0.2, 0) is 0 Å². The Balaban J connectivity index is 2.08. The van der Waals surface area contributed by atoms with Gasteiger partial charge in [-0.3, -0.25) is 0 Å². The number of rotatable bonds is 3. The lowest BCUT2D eigenvalue weighted by Crippen LogP contribution is -2.00. The average molecular weight is 211 g/mol. The predicted octanol–water partition coefficient (Wildman–Crippen LogP) is 2.90. The molecule has 1 aromatic rings. The van der Waals surface area contributed by atoms with E-state index in [-0.39, 0.29) is 12.5 Å². The molecule has 1 aliphatic rings. The van der Waals surface area contributed by atoms with E-state index in [9.17, 15) is 0 Å². The van der Waals surface area contributed by atoms with Gasteiger partial charge in [0.2, 0.25) is 0 Å². The van der Waals surface area contributed by atoms with E-state index in [4.69, 9.17) is 5.11 Å². The molecule has 0 spiro atoms. The van der Waals surface area contributed by atoms with Crippen molar-refractivity contribution in [1.82, 2.24) is 4.98 Å². The van der Waals surface area contributed by atoms with Gasteiger partial charge in [-0.15, -0.1) is 11.3 Å². The predicted molar refractivity (Wildman–Crippen MR) is 58.8 cm³/mol. The zero-order valence-corrected chi connectivity index (χ0v) is 9.39. The number of hydrogen-bond donors (Lipinski definition) is 1. The molecule has 1 N–H and O–H groups in total. The van der Waals surface area contributed by atoms with Crippen LogP contribution in [0, 0.1) is 0 Å². The molecule has 2 nitrogen and oxygen atoms in total. The van der Waals surface area contributed by atoms with Crippen LogP contribution in [0.1, 0.15) is 55.1 Å². The van der Waals surface area contributed by atoms with Gasteiger partial charge in [0, 0.05) is 17.2 Å². The zero-order valence-electron chi connectivity index (χ0n) is 8.57. The third-order valence-corrected chi connectivity index (χ3v) is 4.05. The standard InChI is InChI=1S/C11H17NOS/c1-8(6-13)10-7-14-11(12-10)9-4-2-3-5-9/h7-9,13H,2-6H2,1H3. The number of thiazole rings is 1. The molecule has 78 valence electrons. The summed E-state index contributed by atoms with van der Waals surface area (Å²) in [6.45, 7) is 2.22. The summed E-state index contributed by atoms with van der Waals surface area (Å²) in [4.78, 5) is 4.62. The van der Waals surface area contributed by atoms with Crippen LogP contribution >= 0.6 is 11.3 Å². The van der Waals surface area contributed by atoms with E-state index in [0.717, 1.165) is 5.69 Å². The first-order valence-electron chi connectivity index (χ1n) is 5.37. The van der Waals surface area contributed by atoms with E-state index in [0.29, 0.717) is 5.92 Å². The second-order valence-electron chi connectivity index (χ2n) is 4.18. The average Bonchev–Trinajstić information content (AvgIpc) is 2.86. The van der Waals surface area contributed by atoms with Gasteiger partial charge < -0.3 is 5.11 Å². The van der Waals surface area contributed by atoms with Crippen LogP contribution in [0.2, 0.25) is 0 Å². The summed E-state index contributed by atoms with van der Waals surface area (Å²) in [6, 6.07) is 0. The molecule has 1 saturated carbocycles. The number of aliphatic hydroxyl groups excluding tert-OH is 1. The maximum Gasteiger partial charge on any atom is 0.0959 e. The van der Waals surface area contributed by atoms with E-state index < -0.39 is 0 Å². The van der Waals surface area contributed by atoms with Crippen molar-refractivity contribution in [2.24, 2.45) is 0 Å². The Morgan fingerprint density at radius 1 is 1.57 bits per heavy atom. The summed E-state index contributed by atoms with van der Waals surface area (Å²) >= 11 is 1.77. The maximum absolute atomic E-state index is 9.03. The Morgan fingerprint density at radius 2 is 2.29 bits per heavy atom. The zero-order chi connectivity index (χ0) is 9.97. The molecule has 0 amide bonds. The molecule has 1 atom stereocenters. The van der Waals surface area contributed by atoms with Crippen molar-refractivity contribution in [3.63, 3.8) is 0 Å². The summed E-state index contributed by atoms with van der Waals surface area (Å²) < 4.78 is 0. The van der Waals surface area contributed by atoms with Crippen LogP contribution in [0.25, 0.3) is 0 Å². The topological polar surface area (TPSA) is 33.1 Å². The van der Waals surface area contributed by atoms with Gasteiger partial charge in [-0.25, -0.2) is 4.98 Å². The largest absolute Gasteiger partial charge is 0.396 e. The van der Waals surface area contributed by atoms with Crippen molar-refractivity contribution >= 4 is 11.3 Å². The summed E-state index contributed by atoms with van der Waals surface area (Å²) in [5.74, 6) is 0.904. The van der Waals surface area contributed by atoms with Gasteiger partial charge in [-0.2, -0.15) is 0 Å². The third-order valence-electron chi connectivity index (χ3n) is 3.02. The van der Waals surface area contributed by atoms with Crippen LogP contribution in [0.5, 0.6) is 0 Å². The first kappa shape index (κ1) is 10.1. The highest BCUT2D eigenvalue weighted by Crippen LogP contribution is 2.36. The Hall–Kier alpha value is -0.410. The van der Waals surface area contributed by atoms with Crippen molar-refractivity contribution in [2.45, 2.75) is 44.4 Å². The molecule has 2 rings (SSSR count). The molecular weight excluding hydrogens is 194 g/mol. The summed E-state index contributed by atoms with van der Waals surface area (Å²) in [7, 11) is 0. The lowest BCUT2D eigenvalue weighted by atomic mass is 10.1. The lowest BCUT2D eigenvalue weighted by Gasteiger charge is -2.04. The van der Waals surface area contributed by atoms with Gasteiger partial charge in [-0.05, 0) is 12.8 Å². The van der Waals surface area contributed by atoms with Gasteiger partial charge in [0.1, 0.15) is 0 Å². The molecule has 0 aliphatic heterocycles. The monoisotopic (exact) mass is 211 g/mol. The highest BCUT2D eigenvalue weighted by atomic mass is 32.1. The van der Waals surface area contributed by atoms with Crippen LogP contribution in [0.15, 0.2) is 5.38 Å². The second-order valence-corrected chi connectivity index (χ2v) is 5.07. The quantitative estimate of drug-likeness (QED) is 0.834. The Bertz CT molecular complexity index is 291. The van der Waals surface area contributed by atoms with E-state index in [1.54, 1.807) is 11.3 Å². The fourth-order valence-corrected chi connectivity index (χ4v) is 3.09. The lowest BCUT2D eigenvalue weighted by molar-refractivity contribution is 0.271. The second kappa shape index (κ2) is 4.41. The minimum Gasteiger partial charge on any atom is -0.396 e. The molecule has 1 aliphatic carbocycles. The van der Waals surface area contributed by atoms with Gasteiger partial charge >= 0.3 is 0 Å². The molecule has 1 unspecified atom stereocenters. The molecule has 3 heteroatoms. The van der Waals surface area contributed by atoms with Crippen LogP contribution in [-0.4, -0.2) is 16.7 Å². The minimum atomic E-state index is 0.196. The Morgan fingerprint density at radius 3 is 2.93 bits per heavy atom. The number of hydrogen-bond acceptors (Lipinski definition) is 3. The Kier molecular flexibility index (Phi) is 3.19. The maximum atomic E-state index is 9.03. The van der Waals surface area contributed by atoms with Crippen molar-refractivity contribution < 1.29 is 5.11 Å². The fourth-order valence-electron chi connectivity index (χ4n) is 1.98. The number of aliphatic hydroxyl groups is 1. The number of nitrogens with zero attached hydrogens (tertiary/aromatic N) is 1. The number of aromatic nitrogens is 1. The third kappa shape index (κ3) is 1.98. The molecule has 1 aromatic heterocycles. The van der Waals surface area contributed by atoms with Crippen LogP contribution < -0.4 is 0 Å². The molecule has 1 heterocycles. The molecule has 14 heavy (non-hydrogen) atoms. The van der Waals surface area contributed by atoms with E-state index in [1.807, 2.05) is 6.92 Å². The van der Waals surface area contributed by atoms with E-state index >= 15 is 0 Å². The first-order chi connectivity index (χ1) is 6.81. The first-order valence-corrected chi connectivity index (χ1v) is 6.25. The molecule has 0 bridgehead atoms. The fraction of sp³-hybridized carbons (Fsp3) is 0.727. The molecule has 0 saturated heterocycles. The highest BCUT2D eigenvalue weighted by molar-refractivity contribution is 7.09. The van der Waals surface area contributed by atoms with Gasteiger partial charge in [0.15, 0.2) is 0 Å². The Labute approximate surface area is 89.0 Å². The van der Waals surface area contributed by atoms with Gasteiger partial charge in [0.25, 0.3) is 0 Å². The summed E-state index contributed by atoms with van der Waals surface area (Å²) in [6.07, 6.45) is 5.32. The van der Waals surface area contributed by atoms with Crippen LogP contribution in [0.3, 0.4) is 0 Å². The van der Waals surface area contributed by atoms with Gasteiger partial charge in [0.05, 0.1) is 17.3 Å². The minimum absolute atomic E-state index is 0.196. The van der Waals surface area contributed by atoms with Crippen molar-refractivity contribution in [3.8, 4) is 0 Å². The van der Waals surface area contributed by atoms with Crippen LogP contribution in [0.4, 0.5) is 0 Å². The summed E-state index contributed by atoms with van der Waals surface area (Å²) in [5, 5.41) is 12.4. The molecule has 1 fully saturated rings. The van der Waals surface area contributed by atoms with Crippen molar-refractivity contribution in [2.75, 3.05) is 6.61 Å². The van der Waals surface area contributed by atoms with Gasteiger partial charge in [-0.1, -0.05) is 19.8 Å². The normalized spacial score (nSPS) is 20.1. The molecule has 0 radical (unpaired) electrons. The highest BCUT2D eigenvalue weighted by Gasteiger charge is 2.20. The molecular formula is C11H17NOS. The molecule has 0 aromatic carbocycles. The SMILES string of the molecule is CC(CO)c1csc(C2CCCC2)n1. The smallest absolute Gasteiger partial charge is 0.0959 e. The van der Waals surface area contributed by atoms with Crippen molar-refractivity contribution in [1.29, 1.82) is 0 Å². The van der Waals surface area contributed by atoms with E-state index in [2.05, 4.69) is 10.4 Å². The van der Waals surface area contributed by atoms with E-state index in [1.165, 1.54) is 30.7 Å².